The normalized spacial score (nSPS) is 27.3. The van der Waals surface area contributed by atoms with E-state index in [0.29, 0.717) is 17.7 Å². The van der Waals surface area contributed by atoms with Gasteiger partial charge in [-0.25, -0.2) is 23.5 Å². The molecular formula is C15H18F2N2O2. The first-order valence-corrected chi connectivity index (χ1v) is 7.42. The first-order valence-electron chi connectivity index (χ1n) is 7.42. The lowest BCUT2D eigenvalue weighted by molar-refractivity contribution is 0.0512. The second kappa shape index (κ2) is 5.66. The van der Waals surface area contributed by atoms with Crippen LogP contribution in [0.15, 0.2) is 6.20 Å². The van der Waals surface area contributed by atoms with Gasteiger partial charge in [-0.15, -0.1) is 0 Å². The van der Waals surface area contributed by atoms with Crippen molar-refractivity contribution in [3.05, 3.63) is 23.3 Å². The lowest BCUT2D eigenvalue weighted by Crippen LogP contribution is -2.17. The Hall–Kier alpha value is -1.59. The Kier molecular flexibility index (Phi) is 3.87. The molecule has 0 aliphatic heterocycles. The molecule has 1 heterocycles. The highest BCUT2D eigenvalue weighted by Crippen LogP contribution is 2.52. The summed E-state index contributed by atoms with van der Waals surface area (Å²) in [7, 11) is 0. The third-order valence-electron chi connectivity index (χ3n) is 4.61. The van der Waals surface area contributed by atoms with Gasteiger partial charge < -0.3 is 4.74 Å². The zero-order chi connectivity index (χ0) is 15.0. The van der Waals surface area contributed by atoms with E-state index in [2.05, 4.69) is 9.97 Å². The second-order valence-corrected chi connectivity index (χ2v) is 5.83. The molecule has 6 heteroatoms. The van der Waals surface area contributed by atoms with Gasteiger partial charge in [-0.2, -0.15) is 0 Å². The number of hydrogen-bond acceptors (Lipinski definition) is 4. The molecule has 3 unspecified atom stereocenters. The van der Waals surface area contributed by atoms with E-state index in [1.54, 1.807) is 6.92 Å². The topological polar surface area (TPSA) is 52.1 Å². The minimum absolute atomic E-state index is 0.135. The summed E-state index contributed by atoms with van der Waals surface area (Å²) in [5.74, 6) is 1.03. The van der Waals surface area contributed by atoms with Crippen LogP contribution in [0.25, 0.3) is 0 Å². The van der Waals surface area contributed by atoms with Crippen LogP contribution in [0, 0.1) is 11.8 Å². The van der Waals surface area contributed by atoms with Crippen LogP contribution in [0.4, 0.5) is 8.78 Å². The minimum atomic E-state index is -2.80. The molecule has 1 aromatic rings. The van der Waals surface area contributed by atoms with E-state index in [1.165, 1.54) is 12.6 Å². The highest BCUT2D eigenvalue weighted by Gasteiger charge is 2.42. The maximum absolute atomic E-state index is 13.2. The third-order valence-corrected chi connectivity index (χ3v) is 4.61. The molecule has 3 rings (SSSR count). The van der Waals surface area contributed by atoms with Crippen LogP contribution in [0.5, 0.6) is 0 Å². The highest BCUT2D eigenvalue weighted by molar-refractivity contribution is 5.90. The largest absolute Gasteiger partial charge is 0.462 e. The lowest BCUT2D eigenvalue weighted by Gasteiger charge is -2.21. The van der Waals surface area contributed by atoms with Gasteiger partial charge in [0, 0.05) is 12.1 Å². The van der Waals surface area contributed by atoms with Crippen LogP contribution < -0.4 is 0 Å². The maximum atomic E-state index is 13.2. The zero-order valence-corrected chi connectivity index (χ0v) is 11.9. The fourth-order valence-electron chi connectivity index (χ4n) is 3.68. The van der Waals surface area contributed by atoms with E-state index < -0.39 is 18.1 Å². The predicted octanol–water partition coefficient (Wildman–Crippen LogP) is 3.49. The Morgan fingerprint density at radius 1 is 1.43 bits per heavy atom. The van der Waals surface area contributed by atoms with Crippen molar-refractivity contribution in [3.8, 4) is 0 Å². The SMILES string of the molecule is CCOC(=O)c1cnc(C2CC3CCC2C3)nc1C(F)F. The fourth-order valence-corrected chi connectivity index (χ4v) is 3.68. The van der Waals surface area contributed by atoms with Crippen LogP contribution in [0.1, 0.15) is 66.8 Å². The van der Waals surface area contributed by atoms with Gasteiger partial charge in [0.1, 0.15) is 17.1 Å². The standard InChI is InChI=1S/C15H18F2N2O2/c1-2-21-15(20)11-7-18-14(19-12(11)13(16)17)10-6-8-3-4-9(10)5-8/h7-10,13H,2-6H2,1H3. The average Bonchev–Trinajstić information content (AvgIpc) is 3.09. The Balaban J connectivity index is 1.90. The van der Waals surface area contributed by atoms with Crippen molar-refractivity contribution in [1.29, 1.82) is 0 Å². The smallest absolute Gasteiger partial charge is 0.341 e. The van der Waals surface area contributed by atoms with Crippen LogP contribution in [-0.4, -0.2) is 22.5 Å². The Labute approximate surface area is 121 Å². The van der Waals surface area contributed by atoms with Crippen molar-refractivity contribution in [1.82, 2.24) is 9.97 Å². The number of rotatable bonds is 4. The molecule has 2 saturated carbocycles. The molecule has 2 fully saturated rings. The van der Waals surface area contributed by atoms with Gasteiger partial charge in [0.15, 0.2) is 0 Å². The van der Waals surface area contributed by atoms with E-state index in [-0.39, 0.29) is 18.1 Å². The number of carbonyl (C=O) groups is 1. The average molecular weight is 296 g/mol. The van der Waals surface area contributed by atoms with E-state index in [1.807, 2.05) is 0 Å². The van der Waals surface area contributed by atoms with Crippen LogP contribution in [-0.2, 0) is 4.74 Å². The molecule has 4 nitrogen and oxygen atoms in total. The highest BCUT2D eigenvalue weighted by atomic mass is 19.3. The summed E-state index contributed by atoms with van der Waals surface area (Å²) in [6.07, 6.45) is 2.88. The molecular weight excluding hydrogens is 278 g/mol. The monoisotopic (exact) mass is 296 g/mol. The van der Waals surface area contributed by atoms with Crippen LogP contribution in [0.2, 0.25) is 0 Å². The molecule has 2 aliphatic carbocycles. The van der Waals surface area contributed by atoms with Gasteiger partial charge in [-0.3, -0.25) is 0 Å². The zero-order valence-electron chi connectivity index (χ0n) is 11.9. The molecule has 3 atom stereocenters. The molecule has 1 aromatic heterocycles. The summed E-state index contributed by atoms with van der Waals surface area (Å²) in [5, 5.41) is 0. The van der Waals surface area contributed by atoms with Crippen molar-refractivity contribution in [2.24, 2.45) is 11.8 Å². The van der Waals surface area contributed by atoms with Gasteiger partial charge in [0.05, 0.1) is 6.61 Å². The Morgan fingerprint density at radius 2 is 2.24 bits per heavy atom. The van der Waals surface area contributed by atoms with Gasteiger partial charge in [-0.1, -0.05) is 6.42 Å². The number of halogens is 2. The van der Waals surface area contributed by atoms with Crippen molar-refractivity contribution < 1.29 is 18.3 Å². The van der Waals surface area contributed by atoms with Gasteiger partial charge in [0.25, 0.3) is 6.43 Å². The number of aromatic nitrogens is 2. The number of ether oxygens (including phenoxy) is 1. The maximum Gasteiger partial charge on any atom is 0.341 e. The van der Waals surface area contributed by atoms with Crippen LogP contribution in [0.3, 0.4) is 0 Å². The summed E-state index contributed by atoms with van der Waals surface area (Å²) in [6, 6.07) is 0. The number of fused-ring (bicyclic) bond motifs is 2. The molecule has 0 N–H and O–H groups in total. The Bertz CT molecular complexity index is 550. The predicted molar refractivity (Wildman–Crippen MR) is 71.1 cm³/mol. The number of alkyl halides is 2. The van der Waals surface area contributed by atoms with Crippen molar-refractivity contribution in [2.75, 3.05) is 6.61 Å². The lowest BCUT2D eigenvalue weighted by atomic mass is 9.88. The van der Waals surface area contributed by atoms with Crippen LogP contribution >= 0.6 is 0 Å². The quantitative estimate of drug-likeness (QED) is 0.798. The molecule has 0 spiro atoms. The molecule has 0 aromatic carbocycles. The van der Waals surface area contributed by atoms with Gasteiger partial charge >= 0.3 is 5.97 Å². The Morgan fingerprint density at radius 3 is 2.81 bits per heavy atom. The number of nitrogens with zero attached hydrogens (tertiary/aromatic N) is 2. The van der Waals surface area contributed by atoms with Crippen molar-refractivity contribution >= 4 is 5.97 Å². The summed E-state index contributed by atoms with van der Waals surface area (Å²) >= 11 is 0. The van der Waals surface area contributed by atoms with Gasteiger partial charge in [0.2, 0.25) is 0 Å². The summed E-state index contributed by atoms with van der Waals surface area (Å²) in [4.78, 5) is 19.9. The number of esters is 1. The third kappa shape index (κ3) is 2.63. The molecule has 0 saturated heterocycles. The molecule has 0 radical (unpaired) electrons. The summed E-state index contributed by atoms with van der Waals surface area (Å²) < 4.78 is 31.2. The first kappa shape index (κ1) is 14.4. The molecule has 0 amide bonds. The molecule has 21 heavy (non-hydrogen) atoms. The van der Waals surface area contributed by atoms with E-state index >= 15 is 0 Å². The number of carbonyl (C=O) groups excluding carboxylic acids is 1. The van der Waals surface area contributed by atoms with Gasteiger partial charge in [-0.05, 0) is 38.0 Å². The first-order chi connectivity index (χ1) is 10.1. The van der Waals surface area contributed by atoms with E-state index in [4.69, 9.17) is 4.74 Å². The molecule has 114 valence electrons. The minimum Gasteiger partial charge on any atom is -0.462 e. The van der Waals surface area contributed by atoms with Crippen molar-refractivity contribution in [3.63, 3.8) is 0 Å². The molecule has 2 bridgehead atoms. The second-order valence-electron chi connectivity index (χ2n) is 5.83. The molecule has 2 aliphatic rings. The number of hydrogen-bond donors (Lipinski definition) is 0. The fraction of sp³-hybridized carbons (Fsp3) is 0.667. The summed E-state index contributed by atoms with van der Waals surface area (Å²) in [5.41, 5.74) is -0.722. The van der Waals surface area contributed by atoms with Crippen molar-refractivity contribution in [2.45, 2.75) is 45.0 Å². The summed E-state index contributed by atoms with van der Waals surface area (Å²) in [6.45, 7) is 1.76. The van der Waals surface area contributed by atoms with E-state index in [0.717, 1.165) is 19.3 Å². The van der Waals surface area contributed by atoms with E-state index in [9.17, 15) is 13.6 Å².